The van der Waals surface area contributed by atoms with Crippen LogP contribution in [0.2, 0.25) is 0 Å². The molecule has 1 N–H and O–H groups in total. The van der Waals surface area contributed by atoms with Gasteiger partial charge < -0.3 is 5.32 Å². The molecule has 32 heavy (non-hydrogen) atoms. The van der Waals surface area contributed by atoms with E-state index in [9.17, 15) is 4.79 Å². The molecule has 1 saturated carbocycles. The molecule has 0 bridgehead atoms. The van der Waals surface area contributed by atoms with Crippen LogP contribution in [0.5, 0.6) is 0 Å². The average Bonchev–Trinajstić information content (AvgIpc) is 3.53. The number of carbonyl (C=O) groups is 1. The van der Waals surface area contributed by atoms with Crippen LogP contribution in [0.4, 0.5) is 0 Å². The van der Waals surface area contributed by atoms with Crippen LogP contribution in [0.3, 0.4) is 0 Å². The first kappa shape index (κ1) is 20.1. The predicted molar refractivity (Wildman–Crippen MR) is 120 cm³/mol. The largest absolute Gasteiger partial charge is 0.349 e. The Morgan fingerprint density at radius 2 is 1.97 bits per heavy atom. The van der Waals surface area contributed by atoms with Gasteiger partial charge >= 0.3 is 0 Å². The van der Waals surface area contributed by atoms with Gasteiger partial charge in [0, 0.05) is 42.0 Å². The molecule has 1 fully saturated rings. The Hall–Kier alpha value is -3.81. The fourth-order valence-electron chi connectivity index (χ4n) is 4.28. The summed E-state index contributed by atoms with van der Waals surface area (Å²) in [6.07, 6.45) is 14.7. The van der Waals surface area contributed by atoms with E-state index in [-0.39, 0.29) is 11.9 Å². The summed E-state index contributed by atoms with van der Waals surface area (Å²) in [7, 11) is 0. The van der Waals surface area contributed by atoms with E-state index in [1.54, 1.807) is 18.7 Å². The van der Waals surface area contributed by atoms with Crippen LogP contribution < -0.4 is 5.32 Å². The van der Waals surface area contributed by atoms with Crippen molar-refractivity contribution in [2.75, 3.05) is 0 Å². The van der Waals surface area contributed by atoms with E-state index in [4.69, 9.17) is 0 Å². The van der Waals surface area contributed by atoms with Gasteiger partial charge in [-0.25, -0.2) is 9.97 Å². The fourth-order valence-corrected chi connectivity index (χ4v) is 4.28. The summed E-state index contributed by atoms with van der Waals surface area (Å²) < 4.78 is 3.89. The molecule has 162 valence electrons. The minimum absolute atomic E-state index is 0.0131. The minimum Gasteiger partial charge on any atom is -0.349 e. The third kappa shape index (κ3) is 4.59. The van der Waals surface area contributed by atoms with Gasteiger partial charge in [-0.3, -0.25) is 14.2 Å². The topological polar surface area (TPSA) is 90.5 Å². The van der Waals surface area contributed by atoms with Gasteiger partial charge in [-0.15, -0.1) is 0 Å². The summed E-state index contributed by atoms with van der Waals surface area (Å²) in [5.41, 5.74) is 3.63. The van der Waals surface area contributed by atoms with Crippen LogP contribution in [-0.2, 0) is 6.54 Å². The van der Waals surface area contributed by atoms with Crippen LogP contribution in [0.1, 0.15) is 47.6 Å². The molecular formula is C24H25N7O. The number of hydrogen-bond acceptors (Lipinski definition) is 5. The van der Waals surface area contributed by atoms with Crippen molar-refractivity contribution < 1.29 is 4.79 Å². The highest BCUT2D eigenvalue weighted by molar-refractivity contribution is 5.94. The third-order valence-electron chi connectivity index (χ3n) is 5.98. The second kappa shape index (κ2) is 9.13. The lowest BCUT2D eigenvalue weighted by Crippen LogP contribution is -2.38. The molecule has 5 rings (SSSR count). The van der Waals surface area contributed by atoms with Gasteiger partial charge in [0.1, 0.15) is 6.33 Å². The second-order valence-electron chi connectivity index (χ2n) is 8.19. The number of amides is 1. The number of aromatic nitrogens is 6. The third-order valence-corrected chi connectivity index (χ3v) is 5.98. The van der Waals surface area contributed by atoms with Crippen LogP contribution in [0.25, 0.3) is 11.3 Å². The summed E-state index contributed by atoms with van der Waals surface area (Å²) >= 11 is 0. The first-order chi connectivity index (χ1) is 15.7. The summed E-state index contributed by atoms with van der Waals surface area (Å²) in [4.78, 5) is 21.1. The lowest BCUT2D eigenvalue weighted by Gasteiger charge is -2.29. The van der Waals surface area contributed by atoms with Gasteiger partial charge in [0.05, 0.1) is 24.5 Å². The number of rotatable bonds is 6. The zero-order valence-electron chi connectivity index (χ0n) is 17.7. The predicted octanol–water partition coefficient (Wildman–Crippen LogP) is 3.50. The van der Waals surface area contributed by atoms with Crippen LogP contribution in [0, 0.1) is 0 Å². The number of benzene rings is 1. The first-order valence-electron chi connectivity index (χ1n) is 10.9. The Morgan fingerprint density at radius 1 is 1.06 bits per heavy atom. The first-order valence-corrected chi connectivity index (χ1v) is 10.9. The van der Waals surface area contributed by atoms with Crippen molar-refractivity contribution in [3.05, 3.63) is 84.8 Å². The SMILES string of the molecule is O=C(NC1CCC(n2cc(-c3ccncn3)cn2)CC1)c1cccc(Cn2cccn2)c1. The molecule has 1 amide bonds. The maximum Gasteiger partial charge on any atom is 0.251 e. The standard InChI is InChI=1S/C24H25N7O/c32-24(19-4-1-3-18(13-19)15-30-12-2-10-27-30)29-21-5-7-22(8-6-21)31-16-20(14-28-31)23-9-11-25-17-26-23/h1-4,9-14,16-17,21-22H,5-8,15H2,(H,29,32). The summed E-state index contributed by atoms with van der Waals surface area (Å²) in [5, 5.41) is 12.0. The molecule has 0 saturated heterocycles. The normalized spacial score (nSPS) is 18.4. The summed E-state index contributed by atoms with van der Waals surface area (Å²) in [6.45, 7) is 0.653. The zero-order chi connectivity index (χ0) is 21.8. The Bertz CT molecular complexity index is 1160. The Labute approximate surface area is 186 Å². The number of nitrogens with zero attached hydrogens (tertiary/aromatic N) is 6. The molecule has 1 aromatic carbocycles. The van der Waals surface area contributed by atoms with E-state index in [0.29, 0.717) is 18.2 Å². The monoisotopic (exact) mass is 427 g/mol. The highest BCUT2D eigenvalue weighted by Gasteiger charge is 2.24. The zero-order valence-corrected chi connectivity index (χ0v) is 17.7. The van der Waals surface area contributed by atoms with Gasteiger partial charge in [-0.1, -0.05) is 12.1 Å². The van der Waals surface area contributed by atoms with Gasteiger partial charge in [0.15, 0.2) is 0 Å². The van der Waals surface area contributed by atoms with Crippen molar-refractivity contribution in [2.45, 2.75) is 44.3 Å². The maximum absolute atomic E-state index is 12.8. The van der Waals surface area contributed by atoms with Crippen molar-refractivity contribution in [3.63, 3.8) is 0 Å². The second-order valence-corrected chi connectivity index (χ2v) is 8.19. The average molecular weight is 428 g/mol. The van der Waals surface area contributed by atoms with Gasteiger partial charge in [0.25, 0.3) is 5.91 Å². The molecular weight excluding hydrogens is 402 g/mol. The Morgan fingerprint density at radius 3 is 2.75 bits per heavy atom. The molecule has 0 aliphatic heterocycles. The van der Waals surface area contributed by atoms with Crippen LogP contribution in [-0.4, -0.2) is 41.5 Å². The van der Waals surface area contributed by atoms with Gasteiger partial charge in [0.2, 0.25) is 0 Å². The molecule has 3 aromatic heterocycles. The van der Waals surface area contributed by atoms with E-state index >= 15 is 0 Å². The number of nitrogens with one attached hydrogen (secondary N) is 1. The molecule has 4 aromatic rings. The summed E-state index contributed by atoms with van der Waals surface area (Å²) in [5.74, 6) is -0.0131. The van der Waals surface area contributed by atoms with E-state index in [0.717, 1.165) is 42.5 Å². The van der Waals surface area contributed by atoms with Crippen molar-refractivity contribution in [1.29, 1.82) is 0 Å². The molecule has 8 nitrogen and oxygen atoms in total. The molecule has 1 aliphatic rings. The summed E-state index contributed by atoms with van der Waals surface area (Å²) in [6, 6.07) is 12.1. The molecule has 0 atom stereocenters. The molecule has 1 aliphatic carbocycles. The number of hydrogen-bond donors (Lipinski definition) is 1. The van der Waals surface area contributed by atoms with Crippen molar-refractivity contribution in [2.24, 2.45) is 0 Å². The Balaban J connectivity index is 1.16. The molecule has 3 heterocycles. The van der Waals surface area contributed by atoms with E-state index in [1.807, 2.05) is 58.2 Å². The van der Waals surface area contributed by atoms with E-state index in [2.05, 4.69) is 31.7 Å². The van der Waals surface area contributed by atoms with Crippen molar-refractivity contribution >= 4 is 5.91 Å². The van der Waals surface area contributed by atoms with Gasteiger partial charge in [-0.05, 0) is 55.5 Å². The molecule has 0 radical (unpaired) electrons. The molecule has 0 unspecified atom stereocenters. The fraction of sp³-hybridized carbons (Fsp3) is 0.292. The molecule has 8 heteroatoms. The van der Waals surface area contributed by atoms with Gasteiger partial charge in [-0.2, -0.15) is 10.2 Å². The van der Waals surface area contributed by atoms with E-state index in [1.165, 1.54) is 0 Å². The van der Waals surface area contributed by atoms with Crippen molar-refractivity contribution in [1.82, 2.24) is 34.8 Å². The highest BCUT2D eigenvalue weighted by atomic mass is 16.1. The van der Waals surface area contributed by atoms with Crippen molar-refractivity contribution in [3.8, 4) is 11.3 Å². The Kier molecular flexibility index (Phi) is 5.74. The quantitative estimate of drug-likeness (QED) is 0.509. The molecule has 0 spiro atoms. The smallest absolute Gasteiger partial charge is 0.251 e. The van der Waals surface area contributed by atoms with Crippen LogP contribution in [0.15, 0.2) is 73.7 Å². The lowest BCUT2D eigenvalue weighted by atomic mass is 9.91. The highest BCUT2D eigenvalue weighted by Crippen LogP contribution is 2.29. The minimum atomic E-state index is -0.0131. The lowest BCUT2D eigenvalue weighted by molar-refractivity contribution is 0.0921. The maximum atomic E-state index is 12.8. The van der Waals surface area contributed by atoms with E-state index < -0.39 is 0 Å². The van der Waals surface area contributed by atoms with Crippen LogP contribution >= 0.6 is 0 Å². The number of carbonyl (C=O) groups excluding carboxylic acids is 1.